The molecule has 0 radical (unpaired) electrons. The van der Waals surface area contributed by atoms with Crippen LogP contribution < -0.4 is 15.1 Å². The maximum atomic E-state index is 13.5. The number of fused-ring (bicyclic) bond motifs is 1. The summed E-state index contributed by atoms with van der Waals surface area (Å²) in [6, 6.07) is 13.4. The number of nitrogens with zero attached hydrogens (tertiary/aromatic N) is 9. The van der Waals surface area contributed by atoms with E-state index in [1.54, 1.807) is 12.1 Å². The van der Waals surface area contributed by atoms with E-state index in [0.29, 0.717) is 33.3 Å². The normalized spacial score (nSPS) is 15.8. The van der Waals surface area contributed by atoms with Crippen molar-refractivity contribution in [1.29, 1.82) is 5.26 Å². The number of nitrogens with one attached hydrogen (secondary N) is 1. The Bertz CT molecular complexity index is 1810. The molecule has 5 aromatic rings. The number of aryl methyl sites for hydroxylation is 1. The fourth-order valence-electron chi connectivity index (χ4n) is 5.78. The first-order valence-electron chi connectivity index (χ1n) is 14.3. The van der Waals surface area contributed by atoms with Crippen LogP contribution in [0, 0.1) is 17.1 Å². The molecule has 0 atom stereocenters. The van der Waals surface area contributed by atoms with E-state index < -0.39 is 0 Å². The van der Waals surface area contributed by atoms with E-state index in [0.717, 1.165) is 66.8 Å². The summed E-state index contributed by atoms with van der Waals surface area (Å²) in [7, 11) is 4.08. The number of rotatable bonds is 8. The Morgan fingerprint density at radius 2 is 1.70 bits per heavy atom. The molecule has 1 aromatic carbocycles. The van der Waals surface area contributed by atoms with Crippen molar-refractivity contribution < 1.29 is 4.39 Å². The van der Waals surface area contributed by atoms with Crippen LogP contribution >= 0.6 is 11.3 Å². The van der Waals surface area contributed by atoms with Gasteiger partial charge in [-0.2, -0.15) is 5.26 Å². The van der Waals surface area contributed by atoms with Crippen LogP contribution in [0.5, 0.6) is 0 Å². The summed E-state index contributed by atoms with van der Waals surface area (Å²) >= 11 is 1.30. The second-order valence-corrected chi connectivity index (χ2v) is 12.2. The molecule has 12 heteroatoms. The number of hydrogen-bond donors (Lipinski definition) is 1. The molecular formula is C31H31FN10S. The lowest BCUT2D eigenvalue weighted by molar-refractivity contribution is 0.145. The van der Waals surface area contributed by atoms with Crippen molar-refractivity contribution in [3.63, 3.8) is 0 Å². The quantitative estimate of drug-likeness (QED) is 0.281. The number of likely N-dealkylation sites (N-methyl/N-ethyl adjacent to an activating group) is 1. The molecule has 6 heterocycles. The maximum Gasteiger partial charge on any atom is 0.225 e. The molecule has 0 spiro atoms. The maximum absolute atomic E-state index is 13.5. The van der Waals surface area contributed by atoms with Crippen LogP contribution in [0.1, 0.15) is 17.5 Å². The number of pyridine rings is 1. The number of aromatic nitrogens is 5. The molecule has 0 bridgehead atoms. The van der Waals surface area contributed by atoms with Gasteiger partial charge >= 0.3 is 0 Å². The van der Waals surface area contributed by atoms with Gasteiger partial charge in [0.1, 0.15) is 33.9 Å². The van der Waals surface area contributed by atoms with Crippen LogP contribution in [0.15, 0.2) is 55.0 Å². The minimum atomic E-state index is -0.331. The Hall–Kier alpha value is -4.44. The highest BCUT2D eigenvalue weighted by Gasteiger charge is 2.33. The van der Waals surface area contributed by atoms with E-state index in [2.05, 4.69) is 49.5 Å². The lowest BCUT2D eigenvalue weighted by Gasteiger charge is -2.45. The van der Waals surface area contributed by atoms with Gasteiger partial charge in [-0.3, -0.25) is 4.40 Å². The number of imidazole rings is 1. The standard InChI is InChI=1S/C31H31FN10S/c1-4-25-29(40(3)31-38-28(26(11-33)43-31)19-5-8-22(32)9-6-19)42-14-20(7-10-27(42)37-25)21-12-34-30(35-13-21)41-17-24(18-41)36-23-15-39(2)16-23/h5-10,12-14,23-24,36H,4,15-18H2,1-3H3. The molecule has 0 saturated carbocycles. The minimum Gasteiger partial charge on any atom is -0.338 e. The summed E-state index contributed by atoms with van der Waals surface area (Å²) < 4.78 is 15.6. The summed E-state index contributed by atoms with van der Waals surface area (Å²) in [5.41, 5.74) is 4.85. The van der Waals surface area contributed by atoms with Gasteiger partial charge in [-0.05, 0) is 49.9 Å². The molecule has 218 valence electrons. The molecular weight excluding hydrogens is 563 g/mol. The highest BCUT2D eigenvalue weighted by molar-refractivity contribution is 7.16. The molecule has 1 N–H and O–H groups in total. The fourth-order valence-corrected chi connectivity index (χ4v) is 6.63. The zero-order valence-electron chi connectivity index (χ0n) is 24.2. The highest BCUT2D eigenvalue weighted by Crippen LogP contribution is 2.37. The van der Waals surface area contributed by atoms with Crippen LogP contribution in [0.3, 0.4) is 0 Å². The summed E-state index contributed by atoms with van der Waals surface area (Å²) in [4.78, 5) is 26.0. The van der Waals surface area contributed by atoms with Crippen molar-refractivity contribution in [2.45, 2.75) is 25.4 Å². The average molecular weight is 595 g/mol. The van der Waals surface area contributed by atoms with Gasteiger partial charge in [-0.25, -0.2) is 24.3 Å². The predicted octanol–water partition coefficient (Wildman–Crippen LogP) is 4.35. The molecule has 7 rings (SSSR count). The molecule has 0 aliphatic carbocycles. The number of thiazole rings is 1. The van der Waals surface area contributed by atoms with Gasteiger partial charge in [0.15, 0.2) is 5.13 Å². The van der Waals surface area contributed by atoms with Crippen molar-refractivity contribution in [3.05, 3.63) is 71.4 Å². The Labute approximate surface area is 253 Å². The molecule has 4 aromatic heterocycles. The minimum absolute atomic E-state index is 0.331. The van der Waals surface area contributed by atoms with Crippen LogP contribution in [0.2, 0.25) is 0 Å². The number of anilines is 3. The Morgan fingerprint density at radius 1 is 1.00 bits per heavy atom. The van der Waals surface area contributed by atoms with E-state index in [9.17, 15) is 9.65 Å². The van der Waals surface area contributed by atoms with E-state index in [1.807, 2.05) is 42.7 Å². The van der Waals surface area contributed by atoms with Crippen LogP contribution in [-0.2, 0) is 6.42 Å². The molecule has 0 amide bonds. The first kappa shape index (κ1) is 27.4. The van der Waals surface area contributed by atoms with Crippen molar-refractivity contribution in [2.24, 2.45) is 0 Å². The van der Waals surface area contributed by atoms with Crippen molar-refractivity contribution in [2.75, 3.05) is 50.1 Å². The fraction of sp³-hybridized carbons (Fsp3) is 0.323. The SMILES string of the molecule is CCc1nc2ccc(-c3cnc(N4CC(NC5CN(C)C5)C4)nc3)cn2c1N(C)c1nc(-c2ccc(F)cc2)c(C#N)s1. The Morgan fingerprint density at radius 3 is 2.37 bits per heavy atom. The van der Waals surface area contributed by atoms with Gasteiger partial charge in [0.2, 0.25) is 5.95 Å². The summed E-state index contributed by atoms with van der Waals surface area (Å²) in [6.45, 7) is 6.13. The summed E-state index contributed by atoms with van der Waals surface area (Å²) in [6.07, 6.45) is 6.52. The largest absolute Gasteiger partial charge is 0.338 e. The number of benzene rings is 1. The number of halogens is 1. The van der Waals surface area contributed by atoms with Crippen molar-refractivity contribution in [1.82, 2.24) is 34.6 Å². The van der Waals surface area contributed by atoms with Gasteiger partial charge in [-0.1, -0.05) is 18.3 Å². The molecule has 43 heavy (non-hydrogen) atoms. The lowest BCUT2D eigenvalue weighted by Crippen LogP contribution is -2.66. The zero-order chi connectivity index (χ0) is 29.7. The van der Waals surface area contributed by atoms with Crippen LogP contribution in [-0.4, -0.2) is 81.6 Å². The van der Waals surface area contributed by atoms with Crippen molar-refractivity contribution in [3.8, 4) is 28.5 Å². The first-order valence-corrected chi connectivity index (χ1v) is 15.2. The number of hydrogen-bond acceptors (Lipinski definition) is 10. The predicted molar refractivity (Wildman–Crippen MR) is 166 cm³/mol. The van der Waals surface area contributed by atoms with E-state index >= 15 is 0 Å². The van der Waals surface area contributed by atoms with Gasteiger partial charge in [0.05, 0.1) is 5.69 Å². The molecule has 2 fully saturated rings. The third-order valence-electron chi connectivity index (χ3n) is 8.11. The molecule has 2 aliphatic heterocycles. The third-order valence-corrected chi connectivity index (χ3v) is 9.15. The van der Waals surface area contributed by atoms with Crippen molar-refractivity contribution >= 4 is 33.9 Å². The summed E-state index contributed by atoms with van der Waals surface area (Å²) in [5, 5.41) is 14.2. The number of nitriles is 1. The van der Waals surface area contributed by atoms with E-state index in [-0.39, 0.29) is 5.82 Å². The lowest BCUT2D eigenvalue weighted by atomic mass is 10.0. The van der Waals surface area contributed by atoms with Crippen LogP contribution in [0.25, 0.3) is 28.0 Å². The third kappa shape index (κ3) is 5.09. The first-order chi connectivity index (χ1) is 20.9. The topological polar surface area (TPSA) is 102 Å². The molecule has 10 nitrogen and oxygen atoms in total. The highest BCUT2D eigenvalue weighted by atomic mass is 32.1. The monoisotopic (exact) mass is 594 g/mol. The number of likely N-dealkylation sites (tertiary alicyclic amines) is 1. The van der Waals surface area contributed by atoms with E-state index in [1.165, 1.54) is 23.5 Å². The van der Waals surface area contributed by atoms with Gasteiger partial charge < -0.3 is 20.0 Å². The van der Waals surface area contributed by atoms with Gasteiger partial charge in [-0.15, -0.1) is 0 Å². The Balaban J connectivity index is 1.14. The zero-order valence-corrected chi connectivity index (χ0v) is 25.0. The summed E-state index contributed by atoms with van der Waals surface area (Å²) in [5.74, 6) is 1.29. The average Bonchev–Trinajstić information content (AvgIpc) is 3.59. The molecule has 2 aliphatic rings. The molecule has 2 saturated heterocycles. The smallest absolute Gasteiger partial charge is 0.225 e. The van der Waals surface area contributed by atoms with Crippen LogP contribution in [0.4, 0.5) is 21.3 Å². The second kappa shape index (κ2) is 11.0. The Kier molecular flexibility index (Phi) is 7.01. The molecule has 0 unspecified atom stereocenters. The second-order valence-electron chi connectivity index (χ2n) is 11.2. The van der Waals surface area contributed by atoms with Gasteiger partial charge in [0, 0.05) is 80.6 Å². The van der Waals surface area contributed by atoms with Gasteiger partial charge in [0.25, 0.3) is 0 Å². The van der Waals surface area contributed by atoms with E-state index in [4.69, 9.17) is 9.97 Å².